The number of thiazole rings is 1. The molecule has 2 rings (SSSR count). The maximum atomic E-state index is 12.7. The Bertz CT molecular complexity index is 738. The van der Waals surface area contributed by atoms with Crippen molar-refractivity contribution < 1.29 is 14.3 Å². The van der Waals surface area contributed by atoms with Crippen molar-refractivity contribution in [2.45, 2.75) is 33.7 Å². The van der Waals surface area contributed by atoms with Crippen LogP contribution >= 0.6 is 11.3 Å². The van der Waals surface area contributed by atoms with Gasteiger partial charge in [0.1, 0.15) is 5.01 Å². The SMILES string of the molecule is CCCN(Cc1nc(C(=O)OC)cs1)C(=O)Nc1c(C)cccc1C. The molecule has 0 saturated carbocycles. The minimum atomic E-state index is -0.468. The molecule has 0 aliphatic heterocycles. The fourth-order valence-corrected chi connectivity index (χ4v) is 3.24. The number of ether oxygens (including phenoxy) is 1. The summed E-state index contributed by atoms with van der Waals surface area (Å²) in [6, 6.07) is 5.73. The molecule has 1 heterocycles. The maximum absolute atomic E-state index is 12.7. The summed E-state index contributed by atoms with van der Waals surface area (Å²) in [6.07, 6.45) is 0.829. The summed E-state index contributed by atoms with van der Waals surface area (Å²) in [5.41, 5.74) is 3.15. The van der Waals surface area contributed by atoms with Gasteiger partial charge in [-0.25, -0.2) is 14.6 Å². The van der Waals surface area contributed by atoms with Crippen molar-refractivity contribution in [1.29, 1.82) is 0 Å². The number of benzene rings is 1. The largest absolute Gasteiger partial charge is 0.464 e. The number of para-hydroxylation sites is 1. The van der Waals surface area contributed by atoms with E-state index in [1.54, 1.807) is 10.3 Å². The van der Waals surface area contributed by atoms with Crippen molar-refractivity contribution in [3.05, 3.63) is 45.4 Å². The van der Waals surface area contributed by atoms with E-state index >= 15 is 0 Å². The van der Waals surface area contributed by atoms with E-state index in [-0.39, 0.29) is 11.7 Å². The predicted molar refractivity (Wildman–Crippen MR) is 99.1 cm³/mol. The number of rotatable bonds is 6. The second-order valence-corrected chi connectivity index (χ2v) is 6.68. The zero-order chi connectivity index (χ0) is 18.4. The molecule has 0 spiro atoms. The van der Waals surface area contributed by atoms with E-state index in [0.29, 0.717) is 18.1 Å². The van der Waals surface area contributed by atoms with Crippen LogP contribution < -0.4 is 5.32 Å². The fourth-order valence-electron chi connectivity index (χ4n) is 2.47. The number of carbonyl (C=O) groups is 2. The third-order valence-electron chi connectivity index (χ3n) is 3.77. The molecule has 0 saturated heterocycles. The quantitative estimate of drug-likeness (QED) is 0.790. The maximum Gasteiger partial charge on any atom is 0.357 e. The lowest BCUT2D eigenvalue weighted by Gasteiger charge is -2.22. The standard InChI is InChI=1S/C18H23N3O3S/c1-5-9-21(10-15-19-14(11-25-15)17(22)24-4)18(23)20-16-12(2)7-6-8-13(16)3/h6-8,11H,5,9-10H2,1-4H3,(H,20,23). The molecule has 6 nitrogen and oxygen atoms in total. The molecule has 0 atom stereocenters. The van der Waals surface area contributed by atoms with Crippen molar-refractivity contribution in [3.63, 3.8) is 0 Å². The molecule has 0 radical (unpaired) electrons. The third kappa shape index (κ3) is 4.79. The van der Waals surface area contributed by atoms with E-state index in [4.69, 9.17) is 0 Å². The molecule has 1 aromatic carbocycles. The minimum absolute atomic E-state index is 0.172. The molecule has 2 amide bonds. The average Bonchev–Trinajstić information content (AvgIpc) is 3.05. The molecule has 0 bridgehead atoms. The van der Waals surface area contributed by atoms with Gasteiger partial charge in [0.25, 0.3) is 0 Å². The van der Waals surface area contributed by atoms with Crippen molar-refractivity contribution >= 4 is 29.0 Å². The van der Waals surface area contributed by atoms with Gasteiger partial charge in [-0.2, -0.15) is 0 Å². The number of aryl methyl sites for hydroxylation is 2. The molecular weight excluding hydrogens is 338 g/mol. The van der Waals surface area contributed by atoms with E-state index < -0.39 is 5.97 Å². The molecule has 7 heteroatoms. The van der Waals surface area contributed by atoms with E-state index in [2.05, 4.69) is 15.0 Å². The molecule has 2 aromatic rings. The topological polar surface area (TPSA) is 71.5 Å². The number of carbonyl (C=O) groups excluding carboxylic acids is 2. The molecule has 0 aliphatic carbocycles. The van der Waals surface area contributed by atoms with Crippen LogP contribution in [-0.4, -0.2) is 35.5 Å². The van der Waals surface area contributed by atoms with E-state index in [0.717, 1.165) is 23.2 Å². The Morgan fingerprint density at radius 3 is 2.56 bits per heavy atom. The molecule has 1 aromatic heterocycles. The first-order valence-corrected chi connectivity index (χ1v) is 8.99. The van der Waals surface area contributed by atoms with Gasteiger partial charge in [0.05, 0.1) is 13.7 Å². The molecule has 25 heavy (non-hydrogen) atoms. The Kier molecular flexibility index (Phi) is 6.52. The molecule has 0 unspecified atom stereocenters. The van der Waals surface area contributed by atoms with Crippen molar-refractivity contribution in [3.8, 4) is 0 Å². The normalized spacial score (nSPS) is 10.4. The summed E-state index contributed by atoms with van der Waals surface area (Å²) in [7, 11) is 1.32. The predicted octanol–water partition coefficient (Wildman–Crippen LogP) is 3.99. The van der Waals surface area contributed by atoms with E-state index in [1.165, 1.54) is 18.4 Å². The van der Waals surface area contributed by atoms with Gasteiger partial charge in [0, 0.05) is 17.6 Å². The summed E-state index contributed by atoms with van der Waals surface area (Å²) >= 11 is 1.34. The number of hydrogen-bond acceptors (Lipinski definition) is 5. The highest BCUT2D eigenvalue weighted by Crippen LogP contribution is 2.21. The van der Waals surface area contributed by atoms with Crippen LogP contribution in [0.3, 0.4) is 0 Å². The minimum Gasteiger partial charge on any atom is -0.464 e. The Labute approximate surface area is 151 Å². The lowest BCUT2D eigenvalue weighted by molar-refractivity contribution is 0.0594. The highest BCUT2D eigenvalue weighted by atomic mass is 32.1. The van der Waals surface area contributed by atoms with E-state index in [9.17, 15) is 9.59 Å². The number of esters is 1. The molecule has 134 valence electrons. The van der Waals surface area contributed by atoms with Gasteiger partial charge in [-0.3, -0.25) is 0 Å². The second-order valence-electron chi connectivity index (χ2n) is 5.74. The first kappa shape index (κ1) is 18.9. The van der Waals surface area contributed by atoms with Crippen molar-refractivity contribution in [2.75, 3.05) is 19.0 Å². The summed E-state index contributed by atoms with van der Waals surface area (Å²) in [6.45, 7) is 6.91. The van der Waals surface area contributed by atoms with Crippen LogP contribution in [0.25, 0.3) is 0 Å². The summed E-state index contributed by atoms with van der Waals surface area (Å²) in [5, 5.41) is 5.34. The van der Waals surface area contributed by atoms with Gasteiger partial charge in [-0.15, -0.1) is 11.3 Å². The van der Waals surface area contributed by atoms with Crippen LogP contribution in [-0.2, 0) is 11.3 Å². The van der Waals surface area contributed by atoms with Gasteiger partial charge in [-0.1, -0.05) is 25.1 Å². The fraction of sp³-hybridized carbons (Fsp3) is 0.389. The first-order valence-electron chi connectivity index (χ1n) is 8.11. The smallest absolute Gasteiger partial charge is 0.357 e. The van der Waals surface area contributed by atoms with Crippen molar-refractivity contribution in [2.24, 2.45) is 0 Å². The van der Waals surface area contributed by atoms with Gasteiger partial charge < -0.3 is 15.0 Å². The Morgan fingerprint density at radius 1 is 1.28 bits per heavy atom. The number of anilines is 1. The molecule has 1 N–H and O–H groups in total. The lowest BCUT2D eigenvalue weighted by atomic mass is 10.1. The number of nitrogens with zero attached hydrogens (tertiary/aromatic N) is 2. The number of aromatic nitrogens is 1. The van der Waals surface area contributed by atoms with Gasteiger partial charge in [0.15, 0.2) is 5.69 Å². The Balaban J connectivity index is 2.13. The molecular formula is C18H23N3O3S. The summed E-state index contributed by atoms with van der Waals surface area (Å²) in [5.74, 6) is -0.468. The highest BCUT2D eigenvalue weighted by molar-refractivity contribution is 7.09. The van der Waals surface area contributed by atoms with Crippen LogP contribution in [0.5, 0.6) is 0 Å². The molecule has 0 aliphatic rings. The van der Waals surface area contributed by atoms with Crippen molar-refractivity contribution in [1.82, 2.24) is 9.88 Å². The monoisotopic (exact) mass is 361 g/mol. The van der Waals surface area contributed by atoms with Crippen LogP contribution in [0.15, 0.2) is 23.6 Å². The van der Waals surface area contributed by atoms with Crippen LogP contribution in [0.2, 0.25) is 0 Å². The average molecular weight is 361 g/mol. The number of amides is 2. The second kappa shape index (κ2) is 8.62. The van der Waals surface area contributed by atoms with Gasteiger partial charge in [-0.05, 0) is 31.4 Å². The Morgan fingerprint density at radius 2 is 1.96 bits per heavy atom. The van der Waals surface area contributed by atoms with Crippen LogP contribution in [0.1, 0.15) is 40.0 Å². The lowest BCUT2D eigenvalue weighted by Crippen LogP contribution is -2.35. The zero-order valence-electron chi connectivity index (χ0n) is 15.0. The highest BCUT2D eigenvalue weighted by Gasteiger charge is 2.18. The Hall–Kier alpha value is -2.41. The van der Waals surface area contributed by atoms with Crippen LogP contribution in [0.4, 0.5) is 10.5 Å². The number of urea groups is 1. The summed E-state index contributed by atoms with van der Waals surface area (Å²) < 4.78 is 4.67. The van der Waals surface area contributed by atoms with Gasteiger partial charge >= 0.3 is 12.0 Å². The third-order valence-corrected chi connectivity index (χ3v) is 4.60. The van der Waals surface area contributed by atoms with E-state index in [1.807, 2.05) is 39.0 Å². The van der Waals surface area contributed by atoms with Gasteiger partial charge in [0.2, 0.25) is 0 Å². The number of methoxy groups -OCH3 is 1. The zero-order valence-corrected chi connectivity index (χ0v) is 15.8. The first-order chi connectivity index (χ1) is 12.0. The number of nitrogens with one attached hydrogen (secondary N) is 1. The summed E-state index contributed by atoms with van der Waals surface area (Å²) in [4.78, 5) is 30.2. The molecule has 0 fully saturated rings. The van der Waals surface area contributed by atoms with Crippen LogP contribution in [0, 0.1) is 13.8 Å². The number of hydrogen-bond donors (Lipinski definition) is 1.